The number of hydrogen-bond acceptors (Lipinski definition) is 3. The minimum atomic E-state index is 0.531. The van der Waals surface area contributed by atoms with Crippen LogP contribution in [-0.4, -0.2) is 20.2 Å². The smallest absolute Gasteiger partial charge is 0.121 e. The number of rotatable bonds is 3. The first-order valence-electron chi connectivity index (χ1n) is 7.20. The van der Waals surface area contributed by atoms with E-state index < -0.39 is 0 Å². The number of benzene rings is 2. The molecule has 0 saturated carbocycles. The van der Waals surface area contributed by atoms with Crippen molar-refractivity contribution in [3.05, 3.63) is 59.7 Å². The van der Waals surface area contributed by atoms with E-state index in [4.69, 9.17) is 4.74 Å². The summed E-state index contributed by atoms with van der Waals surface area (Å²) in [6.07, 6.45) is 1.12. The second kappa shape index (κ2) is 5.88. The van der Waals surface area contributed by atoms with Crippen molar-refractivity contribution >= 4 is 5.69 Å². The van der Waals surface area contributed by atoms with E-state index in [1.165, 1.54) is 5.56 Å². The molecule has 3 heteroatoms. The fourth-order valence-electron chi connectivity index (χ4n) is 2.97. The zero-order chi connectivity index (χ0) is 14.7. The monoisotopic (exact) mass is 278 g/mol. The van der Waals surface area contributed by atoms with Gasteiger partial charge in [-0.25, -0.2) is 0 Å². The second-order valence-electron chi connectivity index (χ2n) is 5.34. The van der Waals surface area contributed by atoms with Gasteiger partial charge in [-0.3, -0.25) is 0 Å². The Hall–Kier alpha value is -2.47. The van der Waals surface area contributed by atoms with E-state index in [0.29, 0.717) is 11.5 Å². The predicted octanol–water partition coefficient (Wildman–Crippen LogP) is 3.56. The number of anilines is 1. The molecule has 106 valence electrons. The van der Waals surface area contributed by atoms with Gasteiger partial charge in [-0.1, -0.05) is 30.3 Å². The van der Waals surface area contributed by atoms with Crippen LogP contribution < -0.4 is 9.64 Å². The van der Waals surface area contributed by atoms with Gasteiger partial charge in [0.1, 0.15) is 11.8 Å². The standard InChI is InChI=1S/C18H18N2O/c1-21-17-8-7-15(12-19)18(11-17)20-10-9-16(13-20)14-5-3-2-4-6-14/h2-8,11,16H,9-10,13H2,1H3. The maximum atomic E-state index is 9.31. The van der Waals surface area contributed by atoms with Crippen molar-refractivity contribution in [2.45, 2.75) is 12.3 Å². The summed E-state index contributed by atoms with van der Waals surface area (Å²) in [5.41, 5.74) is 3.07. The van der Waals surface area contributed by atoms with E-state index in [1.54, 1.807) is 7.11 Å². The molecule has 1 aliphatic rings. The van der Waals surface area contributed by atoms with Crippen LogP contribution in [-0.2, 0) is 0 Å². The zero-order valence-corrected chi connectivity index (χ0v) is 12.1. The van der Waals surface area contributed by atoms with E-state index in [-0.39, 0.29) is 0 Å². The Morgan fingerprint density at radius 3 is 2.71 bits per heavy atom. The minimum absolute atomic E-state index is 0.531. The molecule has 1 heterocycles. The molecule has 1 saturated heterocycles. The average molecular weight is 278 g/mol. The molecule has 0 aromatic heterocycles. The van der Waals surface area contributed by atoms with Crippen molar-refractivity contribution in [1.82, 2.24) is 0 Å². The van der Waals surface area contributed by atoms with Crippen molar-refractivity contribution in [3.8, 4) is 11.8 Å². The molecular formula is C18H18N2O. The van der Waals surface area contributed by atoms with Gasteiger partial charge in [-0.15, -0.1) is 0 Å². The number of nitrogens with zero attached hydrogens (tertiary/aromatic N) is 2. The topological polar surface area (TPSA) is 36.3 Å². The van der Waals surface area contributed by atoms with E-state index in [9.17, 15) is 5.26 Å². The van der Waals surface area contributed by atoms with Gasteiger partial charge in [0.05, 0.1) is 18.4 Å². The number of nitriles is 1. The summed E-state index contributed by atoms with van der Waals surface area (Å²) in [5, 5.41) is 9.31. The quantitative estimate of drug-likeness (QED) is 0.861. The third kappa shape index (κ3) is 2.71. The first-order valence-corrected chi connectivity index (χ1v) is 7.20. The number of ether oxygens (including phenoxy) is 1. The molecule has 1 aliphatic heterocycles. The molecule has 0 radical (unpaired) electrons. The third-order valence-corrected chi connectivity index (χ3v) is 4.13. The lowest BCUT2D eigenvalue weighted by molar-refractivity contribution is 0.415. The van der Waals surface area contributed by atoms with Crippen LogP contribution in [0.1, 0.15) is 23.5 Å². The Kier molecular flexibility index (Phi) is 3.79. The Morgan fingerprint density at radius 2 is 2.00 bits per heavy atom. The molecule has 2 aromatic rings. The second-order valence-corrected chi connectivity index (χ2v) is 5.34. The lowest BCUT2D eigenvalue weighted by Gasteiger charge is -2.20. The van der Waals surface area contributed by atoms with Crippen LogP contribution in [0.4, 0.5) is 5.69 Å². The Morgan fingerprint density at radius 1 is 1.19 bits per heavy atom. The summed E-state index contributed by atoms with van der Waals surface area (Å²) in [5.74, 6) is 1.33. The molecule has 3 nitrogen and oxygen atoms in total. The van der Waals surface area contributed by atoms with E-state index in [0.717, 1.165) is 30.9 Å². The van der Waals surface area contributed by atoms with Crippen LogP contribution in [0.5, 0.6) is 5.75 Å². The van der Waals surface area contributed by atoms with Gasteiger partial charge in [0, 0.05) is 25.1 Å². The van der Waals surface area contributed by atoms with Gasteiger partial charge < -0.3 is 9.64 Å². The summed E-state index contributed by atoms with van der Waals surface area (Å²) >= 11 is 0. The van der Waals surface area contributed by atoms with E-state index >= 15 is 0 Å². The molecular weight excluding hydrogens is 260 g/mol. The SMILES string of the molecule is COc1ccc(C#N)c(N2CCC(c3ccccc3)C2)c1. The molecule has 2 aromatic carbocycles. The van der Waals surface area contributed by atoms with Gasteiger partial charge in [0.15, 0.2) is 0 Å². The van der Waals surface area contributed by atoms with Gasteiger partial charge in [-0.2, -0.15) is 5.26 Å². The molecule has 1 unspecified atom stereocenters. The molecule has 0 bridgehead atoms. The van der Waals surface area contributed by atoms with Gasteiger partial charge >= 0.3 is 0 Å². The van der Waals surface area contributed by atoms with Gasteiger partial charge in [-0.05, 0) is 24.1 Å². The summed E-state index contributed by atoms with van der Waals surface area (Å²) in [6, 6.07) is 18.5. The third-order valence-electron chi connectivity index (χ3n) is 4.13. The normalized spacial score (nSPS) is 17.5. The Balaban J connectivity index is 1.85. The largest absolute Gasteiger partial charge is 0.497 e. The fourth-order valence-corrected chi connectivity index (χ4v) is 2.97. The van der Waals surface area contributed by atoms with Gasteiger partial charge in [0.2, 0.25) is 0 Å². The maximum Gasteiger partial charge on any atom is 0.121 e. The van der Waals surface area contributed by atoms with Crippen LogP contribution >= 0.6 is 0 Å². The van der Waals surface area contributed by atoms with Crippen LogP contribution in [0.25, 0.3) is 0 Å². The van der Waals surface area contributed by atoms with Crippen molar-refractivity contribution in [3.63, 3.8) is 0 Å². The van der Waals surface area contributed by atoms with Crippen molar-refractivity contribution in [2.24, 2.45) is 0 Å². The highest BCUT2D eigenvalue weighted by molar-refractivity contribution is 5.63. The first-order chi connectivity index (χ1) is 10.3. The zero-order valence-electron chi connectivity index (χ0n) is 12.1. The summed E-state index contributed by atoms with van der Waals surface area (Å²) in [6.45, 7) is 1.92. The fraction of sp³-hybridized carbons (Fsp3) is 0.278. The van der Waals surface area contributed by atoms with Crippen LogP contribution in [0, 0.1) is 11.3 Å². The van der Waals surface area contributed by atoms with Crippen LogP contribution in [0.3, 0.4) is 0 Å². The number of methoxy groups -OCH3 is 1. The highest BCUT2D eigenvalue weighted by Gasteiger charge is 2.25. The molecule has 1 atom stereocenters. The highest BCUT2D eigenvalue weighted by atomic mass is 16.5. The molecule has 0 amide bonds. The summed E-state index contributed by atoms with van der Waals surface area (Å²) in [7, 11) is 1.65. The molecule has 1 fully saturated rings. The van der Waals surface area contributed by atoms with Crippen LogP contribution in [0.2, 0.25) is 0 Å². The predicted molar refractivity (Wildman–Crippen MR) is 83.7 cm³/mol. The van der Waals surface area contributed by atoms with E-state index in [2.05, 4.69) is 35.2 Å². The lowest BCUT2D eigenvalue weighted by atomic mass is 9.99. The Bertz CT molecular complexity index is 661. The highest BCUT2D eigenvalue weighted by Crippen LogP contribution is 2.34. The van der Waals surface area contributed by atoms with Gasteiger partial charge in [0.25, 0.3) is 0 Å². The number of hydrogen-bond donors (Lipinski definition) is 0. The van der Waals surface area contributed by atoms with Crippen molar-refractivity contribution < 1.29 is 4.74 Å². The minimum Gasteiger partial charge on any atom is -0.497 e. The lowest BCUT2D eigenvalue weighted by Crippen LogP contribution is -2.20. The Labute approximate surface area is 125 Å². The summed E-state index contributed by atoms with van der Waals surface area (Å²) in [4.78, 5) is 2.29. The average Bonchev–Trinajstić information content (AvgIpc) is 3.05. The molecule has 3 rings (SSSR count). The molecule has 21 heavy (non-hydrogen) atoms. The van der Waals surface area contributed by atoms with Crippen LogP contribution in [0.15, 0.2) is 48.5 Å². The maximum absolute atomic E-state index is 9.31. The molecule has 0 aliphatic carbocycles. The summed E-state index contributed by atoms with van der Waals surface area (Å²) < 4.78 is 5.29. The van der Waals surface area contributed by atoms with Crippen molar-refractivity contribution in [1.29, 1.82) is 5.26 Å². The molecule has 0 N–H and O–H groups in total. The first kappa shape index (κ1) is 13.5. The van der Waals surface area contributed by atoms with E-state index in [1.807, 2.05) is 24.3 Å². The molecule has 0 spiro atoms. The van der Waals surface area contributed by atoms with Crippen molar-refractivity contribution in [2.75, 3.05) is 25.1 Å².